The van der Waals surface area contributed by atoms with Crippen molar-refractivity contribution in [2.24, 2.45) is 11.7 Å². The van der Waals surface area contributed by atoms with Gasteiger partial charge in [-0.1, -0.05) is 44.2 Å². The highest BCUT2D eigenvalue weighted by Crippen LogP contribution is 2.34. The van der Waals surface area contributed by atoms with Crippen LogP contribution < -0.4 is 20.5 Å². The third-order valence-corrected chi connectivity index (χ3v) is 7.53. The first-order chi connectivity index (χ1) is 17.1. The van der Waals surface area contributed by atoms with Crippen molar-refractivity contribution < 1.29 is 27.8 Å². The van der Waals surface area contributed by atoms with E-state index in [2.05, 4.69) is 11.2 Å². The molecule has 1 heterocycles. The number of nitrogens with zero attached hydrogens (tertiary/aromatic N) is 1. The molecule has 0 aliphatic carbocycles. The number of aliphatic hydroxyl groups is 1. The van der Waals surface area contributed by atoms with Gasteiger partial charge in [0.05, 0.1) is 23.1 Å². The number of carbonyl (C=O) groups is 1. The molecule has 0 fully saturated rings. The summed E-state index contributed by atoms with van der Waals surface area (Å²) in [5.41, 5.74) is 6.72. The molecular formula is C26H33N3O6S. The fraction of sp³-hybridized carbons (Fsp3) is 0.423. The zero-order valence-electron chi connectivity index (χ0n) is 20.5. The molecule has 4 N–H and O–H groups in total. The van der Waals surface area contributed by atoms with E-state index in [1.54, 1.807) is 6.07 Å². The molecule has 2 aromatic carbocycles. The average Bonchev–Trinajstić information content (AvgIpc) is 3.31. The van der Waals surface area contributed by atoms with E-state index in [1.807, 2.05) is 44.2 Å². The van der Waals surface area contributed by atoms with E-state index < -0.39 is 34.1 Å². The lowest BCUT2D eigenvalue weighted by molar-refractivity contribution is -0.123. The van der Waals surface area contributed by atoms with Crippen LogP contribution in [0.25, 0.3) is 0 Å². The van der Waals surface area contributed by atoms with Crippen molar-refractivity contribution in [2.45, 2.75) is 49.8 Å². The molecule has 3 rings (SSSR count). The number of sulfonamides is 1. The Bertz CT molecular complexity index is 1180. The zero-order valence-corrected chi connectivity index (χ0v) is 21.3. The Hall–Kier alpha value is -3.10. The van der Waals surface area contributed by atoms with Crippen LogP contribution in [0, 0.1) is 18.3 Å². The number of aliphatic hydroxyl groups excluding tert-OH is 1. The summed E-state index contributed by atoms with van der Waals surface area (Å²) in [4.78, 5) is 12.7. The third kappa shape index (κ3) is 6.98. The molecule has 0 aromatic heterocycles. The summed E-state index contributed by atoms with van der Waals surface area (Å²) >= 11 is 0. The molecule has 0 saturated heterocycles. The Morgan fingerprint density at radius 2 is 1.86 bits per heavy atom. The van der Waals surface area contributed by atoms with E-state index in [0.29, 0.717) is 11.5 Å². The lowest BCUT2D eigenvalue weighted by Crippen LogP contribution is -2.54. The highest BCUT2D eigenvalue weighted by atomic mass is 32.2. The second-order valence-corrected chi connectivity index (χ2v) is 11.1. The first-order valence-electron chi connectivity index (χ1n) is 11.7. The van der Waals surface area contributed by atoms with Crippen LogP contribution in [0.5, 0.6) is 11.5 Å². The average molecular weight is 516 g/mol. The van der Waals surface area contributed by atoms with Crippen molar-refractivity contribution in [1.29, 1.82) is 0 Å². The van der Waals surface area contributed by atoms with E-state index >= 15 is 0 Å². The molecular weight excluding hydrogens is 482 g/mol. The summed E-state index contributed by atoms with van der Waals surface area (Å²) in [5, 5.41) is 14.0. The number of hydrogen-bond acceptors (Lipinski definition) is 7. The largest absolute Gasteiger partial charge is 0.454 e. The van der Waals surface area contributed by atoms with E-state index in [4.69, 9.17) is 21.6 Å². The number of terminal acetylenes is 1. The second-order valence-electron chi connectivity index (χ2n) is 9.12. The fourth-order valence-electron chi connectivity index (χ4n) is 3.86. The van der Waals surface area contributed by atoms with Gasteiger partial charge in [0, 0.05) is 25.6 Å². The van der Waals surface area contributed by atoms with Crippen LogP contribution >= 0.6 is 0 Å². The van der Waals surface area contributed by atoms with Crippen molar-refractivity contribution in [3.8, 4) is 23.8 Å². The van der Waals surface area contributed by atoms with Gasteiger partial charge in [0.15, 0.2) is 11.5 Å². The SMILES string of the molecule is C#CC[C@H](N)C(=O)N[C@@H](Cc1ccccc1)[C@H](O)CN(CC(C)C)S(=O)(=O)c1ccc2c(c1)OCO2. The van der Waals surface area contributed by atoms with E-state index in [9.17, 15) is 18.3 Å². The maximum atomic E-state index is 13.6. The molecule has 0 bridgehead atoms. The number of ether oxygens (including phenoxy) is 2. The number of rotatable bonds is 12. The standard InChI is InChI=1S/C26H33N3O6S/c1-4-8-21(27)26(31)28-22(13-19-9-6-5-7-10-19)23(30)16-29(15-18(2)3)36(32,33)20-11-12-24-25(14-20)35-17-34-24/h1,5-7,9-12,14,18,21-23,30H,8,13,15-17,27H2,2-3H3,(H,28,31)/t21-,22-,23+/m0/s1. The van der Waals surface area contributed by atoms with Crippen molar-refractivity contribution in [3.63, 3.8) is 0 Å². The van der Waals surface area contributed by atoms with Crippen molar-refractivity contribution >= 4 is 15.9 Å². The highest BCUT2D eigenvalue weighted by molar-refractivity contribution is 7.89. The summed E-state index contributed by atoms with van der Waals surface area (Å²) in [5.74, 6) is 2.64. The quantitative estimate of drug-likeness (QED) is 0.365. The molecule has 1 aliphatic heterocycles. The zero-order chi connectivity index (χ0) is 26.3. The van der Waals surface area contributed by atoms with Crippen molar-refractivity contribution in [3.05, 3.63) is 54.1 Å². The molecule has 0 unspecified atom stereocenters. The van der Waals surface area contributed by atoms with Gasteiger partial charge in [0.25, 0.3) is 0 Å². The first-order valence-corrected chi connectivity index (χ1v) is 13.2. The number of nitrogens with one attached hydrogen (secondary N) is 1. The number of amides is 1. The van der Waals surface area contributed by atoms with Crippen LogP contribution in [-0.4, -0.2) is 61.8 Å². The van der Waals surface area contributed by atoms with Crippen molar-refractivity contribution in [2.75, 3.05) is 19.9 Å². The maximum Gasteiger partial charge on any atom is 0.243 e. The number of fused-ring (bicyclic) bond motifs is 1. The molecule has 3 atom stereocenters. The lowest BCUT2D eigenvalue weighted by atomic mass is 10.00. The summed E-state index contributed by atoms with van der Waals surface area (Å²) in [6, 6.07) is 12.0. The maximum absolute atomic E-state index is 13.6. The summed E-state index contributed by atoms with van der Waals surface area (Å²) in [7, 11) is -4.00. The summed E-state index contributed by atoms with van der Waals surface area (Å²) < 4.78 is 39.0. The Morgan fingerprint density at radius 1 is 1.17 bits per heavy atom. The van der Waals surface area contributed by atoms with Crippen LogP contribution in [0.3, 0.4) is 0 Å². The van der Waals surface area contributed by atoms with Gasteiger partial charge >= 0.3 is 0 Å². The summed E-state index contributed by atoms with van der Waals surface area (Å²) in [6.07, 6.45) is 4.37. The molecule has 1 amide bonds. The molecule has 36 heavy (non-hydrogen) atoms. The highest BCUT2D eigenvalue weighted by Gasteiger charge is 2.32. The van der Waals surface area contributed by atoms with Gasteiger partial charge in [-0.25, -0.2) is 8.42 Å². The van der Waals surface area contributed by atoms with Crippen LogP contribution in [0.1, 0.15) is 25.8 Å². The normalized spacial score (nSPS) is 15.4. The molecule has 1 aliphatic rings. The Morgan fingerprint density at radius 3 is 2.53 bits per heavy atom. The number of benzene rings is 2. The van der Waals surface area contributed by atoms with Gasteiger partial charge in [-0.3, -0.25) is 4.79 Å². The minimum absolute atomic E-state index is 0.0211. The molecule has 10 heteroatoms. The number of carbonyl (C=O) groups excluding carboxylic acids is 1. The lowest BCUT2D eigenvalue weighted by Gasteiger charge is -2.31. The Labute approximate surface area is 212 Å². The molecule has 2 aromatic rings. The van der Waals surface area contributed by atoms with Crippen LogP contribution in [0.4, 0.5) is 0 Å². The van der Waals surface area contributed by atoms with E-state index in [0.717, 1.165) is 5.56 Å². The minimum atomic E-state index is -4.00. The van der Waals surface area contributed by atoms with Crippen LogP contribution in [0.15, 0.2) is 53.4 Å². The minimum Gasteiger partial charge on any atom is -0.454 e. The number of hydrogen-bond donors (Lipinski definition) is 3. The molecule has 0 saturated carbocycles. The Kier molecular flexibility index (Phi) is 9.34. The molecule has 9 nitrogen and oxygen atoms in total. The predicted molar refractivity (Wildman–Crippen MR) is 136 cm³/mol. The summed E-state index contributed by atoms with van der Waals surface area (Å²) in [6.45, 7) is 3.72. The third-order valence-electron chi connectivity index (χ3n) is 5.71. The van der Waals surface area contributed by atoms with Gasteiger partial charge < -0.3 is 25.6 Å². The first kappa shape index (κ1) is 27.5. The second kappa shape index (κ2) is 12.2. The number of nitrogens with two attached hydrogens (primary N) is 1. The smallest absolute Gasteiger partial charge is 0.243 e. The monoisotopic (exact) mass is 515 g/mol. The predicted octanol–water partition coefficient (Wildman–Crippen LogP) is 1.50. The fourth-order valence-corrected chi connectivity index (χ4v) is 5.50. The van der Waals surface area contributed by atoms with Gasteiger partial charge in [-0.05, 0) is 30.0 Å². The van der Waals surface area contributed by atoms with E-state index in [1.165, 1.54) is 16.4 Å². The van der Waals surface area contributed by atoms with Gasteiger partial charge in [-0.2, -0.15) is 4.31 Å². The van der Waals surface area contributed by atoms with Crippen LogP contribution in [-0.2, 0) is 21.2 Å². The van der Waals surface area contributed by atoms with Gasteiger partial charge in [-0.15, -0.1) is 12.3 Å². The molecule has 0 radical (unpaired) electrons. The van der Waals surface area contributed by atoms with Gasteiger partial charge in [0.1, 0.15) is 0 Å². The molecule has 0 spiro atoms. The Balaban J connectivity index is 1.86. The topological polar surface area (TPSA) is 131 Å². The van der Waals surface area contributed by atoms with Crippen LogP contribution in [0.2, 0.25) is 0 Å². The molecule has 194 valence electrons. The van der Waals surface area contributed by atoms with Gasteiger partial charge in [0.2, 0.25) is 22.7 Å². The van der Waals surface area contributed by atoms with Crippen molar-refractivity contribution in [1.82, 2.24) is 9.62 Å². The van der Waals surface area contributed by atoms with E-state index in [-0.39, 0.29) is 43.5 Å².